The summed E-state index contributed by atoms with van der Waals surface area (Å²) in [6.07, 6.45) is 3.66. The highest BCUT2D eigenvalue weighted by atomic mass is 16.5. The van der Waals surface area contributed by atoms with Gasteiger partial charge in [-0.05, 0) is 68.4 Å². The molecule has 158 valence electrons. The lowest BCUT2D eigenvalue weighted by Crippen LogP contribution is -2.34. The molecule has 1 fully saturated rings. The number of piperidine rings is 1. The van der Waals surface area contributed by atoms with Crippen molar-refractivity contribution in [3.05, 3.63) is 58.7 Å². The average molecular weight is 409 g/mol. The standard InChI is InChI=1S/C24H27NO5/c1-4-29-22-12-16(6-8-20(22)26)10-18-14-25(3)15-19(24(18)28)11-17-7-9-21(27)23(13-17)30-5-2/h6-13,26-27H,4-5,14-15H2,1-3H3. The van der Waals surface area contributed by atoms with Crippen molar-refractivity contribution in [2.45, 2.75) is 13.8 Å². The van der Waals surface area contributed by atoms with E-state index in [9.17, 15) is 15.0 Å². The van der Waals surface area contributed by atoms with Crippen molar-refractivity contribution >= 4 is 17.9 Å². The number of aromatic hydroxyl groups is 2. The highest BCUT2D eigenvalue weighted by Gasteiger charge is 2.24. The number of phenolic OH excluding ortho intramolecular Hbond substituents is 2. The molecule has 0 spiro atoms. The summed E-state index contributed by atoms with van der Waals surface area (Å²) in [6, 6.07) is 10.1. The second-order valence-electron chi connectivity index (χ2n) is 7.16. The van der Waals surface area contributed by atoms with Gasteiger partial charge in [-0.2, -0.15) is 0 Å². The smallest absolute Gasteiger partial charge is 0.187 e. The minimum absolute atomic E-state index is 0.0230. The van der Waals surface area contributed by atoms with E-state index in [0.717, 1.165) is 11.1 Å². The molecule has 2 N–H and O–H groups in total. The van der Waals surface area contributed by atoms with Gasteiger partial charge in [0.25, 0.3) is 0 Å². The molecule has 0 bridgehead atoms. The number of hydrogen-bond acceptors (Lipinski definition) is 6. The summed E-state index contributed by atoms with van der Waals surface area (Å²) < 4.78 is 10.9. The molecule has 3 rings (SSSR count). The molecule has 1 aliphatic rings. The van der Waals surface area contributed by atoms with Crippen LogP contribution in [0.4, 0.5) is 0 Å². The van der Waals surface area contributed by atoms with Crippen LogP contribution >= 0.6 is 0 Å². The third-order valence-electron chi connectivity index (χ3n) is 4.71. The van der Waals surface area contributed by atoms with E-state index < -0.39 is 0 Å². The highest BCUT2D eigenvalue weighted by Crippen LogP contribution is 2.30. The molecule has 1 saturated heterocycles. The van der Waals surface area contributed by atoms with Gasteiger partial charge < -0.3 is 19.7 Å². The van der Waals surface area contributed by atoms with Gasteiger partial charge in [0, 0.05) is 24.2 Å². The molecular weight excluding hydrogens is 382 g/mol. The quantitative estimate of drug-likeness (QED) is 0.705. The second kappa shape index (κ2) is 9.50. The summed E-state index contributed by atoms with van der Waals surface area (Å²) in [6.45, 7) is 5.64. The van der Waals surface area contributed by atoms with Gasteiger partial charge in [-0.15, -0.1) is 0 Å². The number of carbonyl (C=O) groups is 1. The van der Waals surface area contributed by atoms with Crippen LogP contribution in [0.2, 0.25) is 0 Å². The monoisotopic (exact) mass is 409 g/mol. The van der Waals surface area contributed by atoms with Crippen LogP contribution in [-0.2, 0) is 4.79 Å². The summed E-state index contributed by atoms with van der Waals surface area (Å²) in [7, 11) is 1.96. The first-order chi connectivity index (χ1) is 14.4. The van der Waals surface area contributed by atoms with Crippen LogP contribution in [0.1, 0.15) is 25.0 Å². The van der Waals surface area contributed by atoms with Crippen LogP contribution in [0, 0.1) is 0 Å². The van der Waals surface area contributed by atoms with E-state index in [1.807, 2.05) is 33.0 Å². The Hall–Kier alpha value is -3.25. The minimum Gasteiger partial charge on any atom is -0.504 e. The molecule has 1 aliphatic heterocycles. The first kappa shape index (κ1) is 21.5. The third-order valence-corrected chi connectivity index (χ3v) is 4.71. The highest BCUT2D eigenvalue weighted by molar-refractivity contribution is 6.14. The van der Waals surface area contributed by atoms with Gasteiger partial charge in [0.15, 0.2) is 28.8 Å². The van der Waals surface area contributed by atoms with E-state index in [1.165, 1.54) is 0 Å². The molecule has 1 heterocycles. The van der Waals surface area contributed by atoms with Crippen LogP contribution in [0.5, 0.6) is 23.0 Å². The Labute approximate surface area is 176 Å². The number of rotatable bonds is 6. The van der Waals surface area contributed by atoms with E-state index in [0.29, 0.717) is 48.9 Å². The summed E-state index contributed by atoms with van der Waals surface area (Å²) in [4.78, 5) is 15.2. The molecular formula is C24H27NO5. The zero-order valence-electron chi connectivity index (χ0n) is 17.5. The Bertz CT molecular complexity index is 916. The maximum Gasteiger partial charge on any atom is 0.187 e. The maximum absolute atomic E-state index is 13.1. The van der Waals surface area contributed by atoms with Crippen molar-refractivity contribution in [3.63, 3.8) is 0 Å². The van der Waals surface area contributed by atoms with E-state index in [4.69, 9.17) is 9.47 Å². The zero-order valence-corrected chi connectivity index (χ0v) is 17.5. The largest absolute Gasteiger partial charge is 0.504 e. The summed E-state index contributed by atoms with van der Waals surface area (Å²) in [5.74, 6) is 0.914. The number of carbonyl (C=O) groups excluding carboxylic acids is 1. The SMILES string of the molecule is CCOc1cc(C=C2CN(C)CC(=Cc3ccc(O)c(OCC)c3)C2=O)ccc1O. The molecule has 0 aliphatic carbocycles. The molecule has 6 nitrogen and oxygen atoms in total. The Morgan fingerprint density at radius 3 is 1.70 bits per heavy atom. The predicted octanol–water partition coefficient (Wildman–Crippen LogP) is 3.88. The van der Waals surface area contributed by atoms with Crippen molar-refractivity contribution in [3.8, 4) is 23.0 Å². The Morgan fingerprint density at radius 1 is 0.867 bits per heavy atom. The molecule has 0 atom stereocenters. The van der Waals surface area contributed by atoms with Crippen LogP contribution in [0.15, 0.2) is 47.5 Å². The number of hydrogen-bond donors (Lipinski definition) is 2. The average Bonchev–Trinajstić information content (AvgIpc) is 2.71. The lowest BCUT2D eigenvalue weighted by molar-refractivity contribution is -0.113. The fourth-order valence-electron chi connectivity index (χ4n) is 3.40. The van der Waals surface area contributed by atoms with Gasteiger partial charge in [0.05, 0.1) is 13.2 Å². The van der Waals surface area contributed by atoms with Gasteiger partial charge in [0.1, 0.15) is 0 Å². The number of phenols is 2. The number of nitrogens with zero attached hydrogens (tertiary/aromatic N) is 1. The topological polar surface area (TPSA) is 79.2 Å². The summed E-state index contributed by atoms with van der Waals surface area (Å²) in [5.41, 5.74) is 2.90. The molecule has 30 heavy (non-hydrogen) atoms. The number of benzene rings is 2. The van der Waals surface area contributed by atoms with Gasteiger partial charge in [-0.25, -0.2) is 0 Å². The van der Waals surface area contributed by atoms with Crippen LogP contribution in [0.25, 0.3) is 12.2 Å². The first-order valence-corrected chi connectivity index (χ1v) is 9.97. The van der Waals surface area contributed by atoms with Crippen molar-refractivity contribution in [2.75, 3.05) is 33.4 Å². The van der Waals surface area contributed by atoms with Crippen molar-refractivity contribution in [2.24, 2.45) is 0 Å². The normalized spacial score (nSPS) is 17.5. The second-order valence-corrected chi connectivity index (χ2v) is 7.16. The molecule has 0 radical (unpaired) electrons. The third kappa shape index (κ3) is 5.02. The van der Waals surface area contributed by atoms with Crippen molar-refractivity contribution in [1.82, 2.24) is 4.90 Å². The van der Waals surface area contributed by atoms with Gasteiger partial charge >= 0.3 is 0 Å². The van der Waals surface area contributed by atoms with Crippen LogP contribution in [-0.4, -0.2) is 54.2 Å². The molecule has 2 aromatic carbocycles. The molecule has 0 aromatic heterocycles. The predicted molar refractivity (Wildman–Crippen MR) is 117 cm³/mol. The van der Waals surface area contributed by atoms with E-state index in [-0.39, 0.29) is 17.3 Å². The number of ether oxygens (including phenoxy) is 2. The van der Waals surface area contributed by atoms with Crippen LogP contribution in [0.3, 0.4) is 0 Å². The van der Waals surface area contributed by atoms with Gasteiger partial charge in [0.2, 0.25) is 0 Å². The lowest BCUT2D eigenvalue weighted by Gasteiger charge is -2.26. The molecule has 0 saturated carbocycles. The molecule has 2 aromatic rings. The Balaban J connectivity index is 1.92. The number of likely N-dealkylation sites (tertiary alicyclic amines) is 1. The Morgan fingerprint density at radius 2 is 1.30 bits per heavy atom. The molecule has 0 unspecified atom stereocenters. The number of Topliss-reactive ketones (excluding diaryl/α,β-unsaturated/α-hetero) is 1. The zero-order chi connectivity index (χ0) is 21.7. The van der Waals surface area contributed by atoms with Crippen molar-refractivity contribution < 1.29 is 24.5 Å². The Kier molecular flexibility index (Phi) is 6.79. The fraction of sp³-hybridized carbons (Fsp3) is 0.292. The number of ketones is 1. The van der Waals surface area contributed by atoms with E-state index in [2.05, 4.69) is 4.90 Å². The van der Waals surface area contributed by atoms with Crippen LogP contribution < -0.4 is 9.47 Å². The maximum atomic E-state index is 13.1. The summed E-state index contributed by atoms with van der Waals surface area (Å²) in [5, 5.41) is 19.8. The van der Waals surface area contributed by atoms with Crippen molar-refractivity contribution in [1.29, 1.82) is 0 Å². The van der Waals surface area contributed by atoms with Gasteiger partial charge in [-0.1, -0.05) is 12.1 Å². The molecule has 0 amide bonds. The minimum atomic E-state index is -0.0230. The fourth-order valence-corrected chi connectivity index (χ4v) is 3.40. The van der Waals surface area contributed by atoms with Gasteiger partial charge in [-0.3, -0.25) is 9.69 Å². The summed E-state index contributed by atoms with van der Waals surface area (Å²) >= 11 is 0. The van der Waals surface area contributed by atoms with E-state index >= 15 is 0 Å². The lowest BCUT2D eigenvalue weighted by atomic mass is 9.94. The number of likely N-dealkylation sites (N-methyl/N-ethyl adjacent to an activating group) is 1. The first-order valence-electron chi connectivity index (χ1n) is 9.97. The van der Waals surface area contributed by atoms with E-state index in [1.54, 1.807) is 36.4 Å². The molecule has 6 heteroatoms.